The van der Waals surface area contributed by atoms with Gasteiger partial charge in [0.15, 0.2) is 19.1 Å². The van der Waals surface area contributed by atoms with E-state index in [1.165, 1.54) is 6.33 Å². The summed E-state index contributed by atoms with van der Waals surface area (Å²) in [5, 5.41) is 0. The lowest BCUT2D eigenvalue weighted by Crippen LogP contribution is -2.13. The van der Waals surface area contributed by atoms with Crippen LogP contribution >= 0.6 is 7.60 Å². The molecule has 8 N–H and O–H groups in total. The molecule has 0 aliphatic rings. The molecular weight excluding hydrogens is 313 g/mol. The van der Waals surface area contributed by atoms with E-state index in [4.69, 9.17) is 16.2 Å². The van der Waals surface area contributed by atoms with Crippen LogP contribution in [0.5, 0.6) is 0 Å². The topological polar surface area (TPSA) is 191 Å². The quantitative estimate of drug-likeness (QED) is 0.459. The monoisotopic (exact) mass is 333 g/mol. The molecule has 0 spiro atoms. The van der Waals surface area contributed by atoms with E-state index >= 15 is 0 Å². The predicted molar refractivity (Wildman–Crippen MR) is 80.2 cm³/mol. The molecule has 0 amide bonds. The molecule has 2 heterocycles. The minimum Gasteiger partial charge on any atom is -0.777 e. The Hall–Kier alpha value is -1.78. The number of hydrogen-bond acceptors (Lipinski definition) is 9. The first kappa shape index (κ1) is 18.3. The molecule has 124 valence electrons. The summed E-state index contributed by atoms with van der Waals surface area (Å²) < 4.78 is 22.6. The van der Waals surface area contributed by atoms with Gasteiger partial charge < -0.3 is 40.9 Å². The lowest BCUT2D eigenvalue weighted by molar-refractivity contribution is -0.203. The van der Waals surface area contributed by atoms with Gasteiger partial charge in [-0.3, -0.25) is 0 Å². The van der Waals surface area contributed by atoms with Gasteiger partial charge in [0, 0.05) is 6.54 Å². The number of aromatic nitrogens is 4. The van der Waals surface area contributed by atoms with Crippen molar-refractivity contribution in [3.63, 3.8) is 0 Å². The van der Waals surface area contributed by atoms with Gasteiger partial charge in [-0.25, -0.2) is 4.98 Å². The number of anilines is 2. The highest BCUT2D eigenvalue weighted by Gasteiger charge is 2.11. The van der Waals surface area contributed by atoms with E-state index in [2.05, 4.69) is 19.5 Å². The lowest BCUT2D eigenvalue weighted by Gasteiger charge is -2.22. The molecule has 1 unspecified atom stereocenters. The number of nitrogen functional groups attached to an aromatic ring is 2. The normalized spacial score (nSPS) is 13.7. The van der Waals surface area contributed by atoms with Crippen LogP contribution in [0, 0.1) is 0 Å². The van der Waals surface area contributed by atoms with Crippen molar-refractivity contribution in [3.05, 3.63) is 6.33 Å². The Bertz CT molecular complexity index is 677. The van der Waals surface area contributed by atoms with Gasteiger partial charge in [-0.15, -0.1) is 0 Å². The summed E-state index contributed by atoms with van der Waals surface area (Å²) in [4.78, 5) is 23.2. The highest BCUT2D eigenvalue weighted by molar-refractivity contribution is 7.51. The van der Waals surface area contributed by atoms with Gasteiger partial charge in [0.1, 0.15) is 11.9 Å². The maximum absolute atomic E-state index is 11.3. The Morgan fingerprint density at radius 1 is 1.41 bits per heavy atom. The van der Waals surface area contributed by atoms with Crippen LogP contribution in [-0.4, -0.2) is 39.1 Å². The minimum absolute atomic E-state index is 0. The maximum Gasteiger partial charge on any atom is 0.224 e. The number of hydrogen-bond donors (Lipinski definition) is 3. The average molecular weight is 333 g/mol. The van der Waals surface area contributed by atoms with Crippen molar-refractivity contribution in [1.82, 2.24) is 25.7 Å². The number of fused-ring (bicyclic) bond motifs is 1. The van der Waals surface area contributed by atoms with E-state index in [1.54, 1.807) is 11.5 Å². The number of imidazole rings is 1. The Kier molecular flexibility index (Phi) is 6.21. The molecule has 0 aliphatic carbocycles. The van der Waals surface area contributed by atoms with Crippen molar-refractivity contribution < 1.29 is 18.7 Å². The number of nitrogens with two attached hydrogens (primary N) is 2. The Morgan fingerprint density at radius 3 is 2.82 bits per heavy atom. The lowest BCUT2D eigenvalue weighted by atomic mass is 10.5. The zero-order valence-electron chi connectivity index (χ0n) is 12.4. The van der Waals surface area contributed by atoms with E-state index in [9.17, 15) is 9.46 Å². The third-order valence-corrected chi connectivity index (χ3v) is 3.71. The van der Waals surface area contributed by atoms with Crippen LogP contribution in [-0.2, 0) is 20.4 Å². The summed E-state index contributed by atoms with van der Waals surface area (Å²) in [6.45, 7) is 2.18. The number of nitrogens with zero attached hydrogens (tertiary/aromatic N) is 4. The van der Waals surface area contributed by atoms with Gasteiger partial charge in [0.25, 0.3) is 0 Å². The van der Waals surface area contributed by atoms with Crippen molar-refractivity contribution in [1.29, 1.82) is 0 Å². The molecule has 2 aromatic rings. The first-order chi connectivity index (χ1) is 9.93. The standard InChI is InChI=1S/C10H17N6O4P.H3N/c1-2-20-21(17,18)6-19-4-3-16-5-13-7-8(11)14-10(12)15-9(7)16;/h5H,2-4,6H2,1H3,(H,17,18)(H4,11,12,14,15);1H3. The molecule has 0 fully saturated rings. The fraction of sp³-hybridized carbons (Fsp3) is 0.500. The smallest absolute Gasteiger partial charge is 0.224 e. The second kappa shape index (κ2) is 7.47. The van der Waals surface area contributed by atoms with Crippen molar-refractivity contribution >= 4 is 30.5 Å². The first-order valence-electron chi connectivity index (χ1n) is 6.19. The summed E-state index contributed by atoms with van der Waals surface area (Å²) in [6.07, 6.45) is 1.03. The zero-order valence-corrected chi connectivity index (χ0v) is 13.3. The number of ether oxygens (including phenoxy) is 1. The second-order valence-corrected chi connectivity index (χ2v) is 5.88. The summed E-state index contributed by atoms with van der Waals surface area (Å²) in [5.41, 5.74) is 12.1. The van der Waals surface area contributed by atoms with Crippen LogP contribution in [0.25, 0.3) is 11.2 Å². The van der Waals surface area contributed by atoms with Gasteiger partial charge in [0.05, 0.1) is 19.5 Å². The van der Waals surface area contributed by atoms with E-state index in [0.29, 0.717) is 17.7 Å². The Balaban J connectivity index is 0.00000242. The van der Waals surface area contributed by atoms with Gasteiger partial charge in [-0.05, 0) is 6.92 Å². The molecule has 11 nitrogen and oxygen atoms in total. The van der Waals surface area contributed by atoms with Gasteiger partial charge >= 0.3 is 0 Å². The van der Waals surface area contributed by atoms with Gasteiger partial charge in [0.2, 0.25) is 5.95 Å². The molecule has 2 rings (SSSR count). The Morgan fingerprint density at radius 2 is 2.14 bits per heavy atom. The van der Waals surface area contributed by atoms with Gasteiger partial charge in [-0.1, -0.05) is 0 Å². The predicted octanol–water partition coefficient (Wildman–Crippen LogP) is -0.0691. The third kappa shape index (κ3) is 4.36. The van der Waals surface area contributed by atoms with Crippen LogP contribution in [0.3, 0.4) is 0 Å². The zero-order chi connectivity index (χ0) is 15.5. The van der Waals surface area contributed by atoms with Crippen LogP contribution in [0.15, 0.2) is 6.33 Å². The second-order valence-electron chi connectivity index (χ2n) is 4.14. The molecule has 12 heteroatoms. The van der Waals surface area contributed by atoms with Crippen molar-refractivity contribution in [2.45, 2.75) is 13.5 Å². The fourth-order valence-electron chi connectivity index (χ4n) is 1.72. The SMILES string of the molecule is CCOP(=O)([O-])COCCn1cnc2c(N)nc(N)nc21.[NH4+]. The molecule has 0 aliphatic heterocycles. The van der Waals surface area contributed by atoms with E-state index in [1.807, 2.05) is 0 Å². The summed E-state index contributed by atoms with van der Waals surface area (Å²) in [5.74, 6) is 0.237. The Labute approximate surface area is 126 Å². The van der Waals surface area contributed by atoms with Crippen molar-refractivity contribution in [3.8, 4) is 0 Å². The molecule has 22 heavy (non-hydrogen) atoms. The highest BCUT2D eigenvalue weighted by Crippen LogP contribution is 2.36. The van der Waals surface area contributed by atoms with Crippen LogP contribution < -0.4 is 22.5 Å². The molecule has 0 saturated heterocycles. The van der Waals surface area contributed by atoms with E-state index in [-0.39, 0.29) is 31.1 Å². The summed E-state index contributed by atoms with van der Waals surface area (Å²) >= 11 is 0. The summed E-state index contributed by atoms with van der Waals surface area (Å²) in [6, 6.07) is 0. The molecule has 2 aromatic heterocycles. The van der Waals surface area contributed by atoms with Crippen LogP contribution in [0.1, 0.15) is 6.92 Å². The molecule has 0 radical (unpaired) electrons. The summed E-state index contributed by atoms with van der Waals surface area (Å²) in [7, 11) is -3.93. The number of rotatable bonds is 7. The highest BCUT2D eigenvalue weighted by atomic mass is 31.2. The van der Waals surface area contributed by atoms with Crippen molar-refractivity contribution in [2.75, 3.05) is 31.0 Å². The molecular formula is C10H20N7O4P. The first-order valence-corrected chi connectivity index (χ1v) is 7.92. The van der Waals surface area contributed by atoms with Crippen LogP contribution in [0.4, 0.5) is 11.8 Å². The fourth-order valence-corrected chi connectivity index (χ4v) is 2.54. The van der Waals surface area contributed by atoms with E-state index < -0.39 is 13.9 Å². The third-order valence-electron chi connectivity index (χ3n) is 2.56. The van der Waals surface area contributed by atoms with Gasteiger partial charge in [-0.2, -0.15) is 9.97 Å². The molecule has 0 aromatic carbocycles. The molecule has 0 saturated carbocycles. The minimum atomic E-state index is -3.93. The van der Waals surface area contributed by atoms with Crippen molar-refractivity contribution in [2.24, 2.45) is 0 Å². The van der Waals surface area contributed by atoms with E-state index in [0.717, 1.165) is 0 Å². The largest absolute Gasteiger partial charge is 0.777 e. The average Bonchev–Trinajstić information content (AvgIpc) is 2.78. The number of quaternary nitrogens is 1. The van der Waals surface area contributed by atoms with Crippen LogP contribution in [0.2, 0.25) is 0 Å². The maximum atomic E-state index is 11.3. The molecule has 0 bridgehead atoms. The molecule has 1 atom stereocenters.